The van der Waals surface area contributed by atoms with Crippen LogP contribution >= 0.6 is 0 Å². The molecule has 0 spiro atoms. The molecule has 1 aliphatic rings. The molecule has 0 amide bonds. The first-order valence-electron chi connectivity index (χ1n) is 9.50. The second kappa shape index (κ2) is 7.35. The summed E-state index contributed by atoms with van der Waals surface area (Å²) in [7, 11) is -3.25. The van der Waals surface area contributed by atoms with Crippen LogP contribution in [0.25, 0.3) is 11.1 Å². The maximum Gasteiger partial charge on any atom is 0.295 e. The third kappa shape index (κ3) is 3.86. The molecule has 1 aliphatic carbocycles. The molecule has 3 aromatic rings. The Morgan fingerprint density at radius 3 is 2.74 bits per heavy atom. The molecule has 2 unspecified atom stereocenters. The van der Waals surface area contributed by atoms with Crippen molar-refractivity contribution < 1.29 is 12.8 Å². The highest BCUT2D eigenvalue weighted by Gasteiger charge is 2.24. The first kappa shape index (κ1) is 18.0. The van der Waals surface area contributed by atoms with E-state index >= 15 is 0 Å². The standard InChI is InChI=1S/C21H24N2O3S/c1-2-27(24,25)18-11-12-20-19(14-18)23-21(26-20)22-17-10-6-9-16(13-17)15-7-4-3-5-8-15/h3-5,7-8,11-12,14,16-17H,2,6,9-10,13H2,1H3,(H,22,23). The maximum atomic E-state index is 12.1. The molecule has 0 bridgehead atoms. The van der Waals surface area contributed by atoms with Crippen molar-refractivity contribution in [2.45, 2.75) is 49.5 Å². The van der Waals surface area contributed by atoms with Crippen molar-refractivity contribution in [3.05, 3.63) is 54.1 Å². The van der Waals surface area contributed by atoms with E-state index < -0.39 is 9.84 Å². The summed E-state index contributed by atoms with van der Waals surface area (Å²) in [6.07, 6.45) is 4.49. The molecule has 2 aromatic carbocycles. The van der Waals surface area contributed by atoms with Gasteiger partial charge >= 0.3 is 0 Å². The molecule has 1 heterocycles. The molecule has 142 valence electrons. The highest BCUT2D eigenvalue weighted by molar-refractivity contribution is 7.91. The van der Waals surface area contributed by atoms with Crippen LogP contribution in [0.15, 0.2) is 57.8 Å². The molecule has 6 heteroatoms. The van der Waals surface area contributed by atoms with E-state index in [2.05, 4.69) is 34.6 Å². The van der Waals surface area contributed by atoms with E-state index in [0.717, 1.165) is 19.3 Å². The van der Waals surface area contributed by atoms with Gasteiger partial charge in [0.15, 0.2) is 15.4 Å². The normalized spacial score (nSPS) is 20.6. The topological polar surface area (TPSA) is 72.2 Å². The summed E-state index contributed by atoms with van der Waals surface area (Å²) in [4.78, 5) is 4.76. The quantitative estimate of drug-likeness (QED) is 0.687. The number of hydrogen-bond donors (Lipinski definition) is 1. The Hall–Kier alpha value is -2.34. The van der Waals surface area contributed by atoms with Crippen LogP contribution < -0.4 is 5.32 Å². The SMILES string of the molecule is CCS(=O)(=O)c1ccc2oc(NC3CCCC(c4ccccc4)C3)nc2c1. The lowest BCUT2D eigenvalue weighted by Crippen LogP contribution is -2.26. The van der Waals surface area contributed by atoms with Crippen LogP contribution in [-0.2, 0) is 9.84 Å². The second-order valence-corrected chi connectivity index (χ2v) is 9.45. The number of benzene rings is 2. The van der Waals surface area contributed by atoms with E-state index in [-0.39, 0.29) is 5.75 Å². The predicted molar refractivity (Wildman–Crippen MR) is 107 cm³/mol. The number of nitrogens with zero attached hydrogens (tertiary/aromatic N) is 1. The van der Waals surface area contributed by atoms with E-state index in [1.807, 2.05) is 6.07 Å². The molecule has 2 atom stereocenters. The van der Waals surface area contributed by atoms with Gasteiger partial charge in [-0.25, -0.2) is 8.42 Å². The minimum Gasteiger partial charge on any atom is -0.424 e. The van der Waals surface area contributed by atoms with Gasteiger partial charge in [-0.1, -0.05) is 43.7 Å². The number of aromatic nitrogens is 1. The van der Waals surface area contributed by atoms with E-state index in [0.29, 0.717) is 34.0 Å². The second-order valence-electron chi connectivity index (χ2n) is 7.17. The lowest BCUT2D eigenvalue weighted by atomic mass is 9.81. The highest BCUT2D eigenvalue weighted by Crippen LogP contribution is 2.34. The molecule has 5 nitrogen and oxygen atoms in total. The van der Waals surface area contributed by atoms with Crippen LogP contribution in [0.4, 0.5) is 6.01 Å². The van der Waals surface area contributed by atoms with Crippen LogP contribution in [0.2, 0.25) is 0 Å². The van der Waals surface area contributed by atoms with Gasteiger partial charge < -0.3 is 9.73 Å². The van der Waals surface area contributed by atoms with Gasteiger partial charge in [-0.15, -0.1) is 0 Å². The fourth-order valence-electron chi connectivity index (χ4n) is 3.85. The number of hydrogen-bond acceptors (Lipinski definition) is 5. The van der Waals surface area contributed by atoms with Gasteiger partial charge in [-0.2, -0.15) is 4.98 Å². The van der Waals surface area contributed by atoms with E-state index in [4.69, 9.17) is 4.42 Å². The number of sulfone groups is 1. The zero-order valence-electron chi connectivity index (χ0n) is 15.4. The molecule has 0 aliphatic heterocycles. The summed E-state index contributed by atoms with van der Waals surface area (Å²) in [6.45, 7) is 1.64. The first-order valence-corrected chi connectivity index (χ1v) is 11.2. The van der Waals surface area contributed by atoms with Gasteiger partial charge in [0.25, 0.3) is 6.01 Å². The largest absolute Gasteiger partial charge is 0.424 e. The third-order valence-corrected chi connectivity index (χ3v) is 7.10. The highest BCUT2D eigenvalue weighted by atomic mass is 32.2. The fraction of sp³-hybridized carbons (Fsp3) is 0.381. The summed E-state index contributed by atoms with van der Waals surface area (Å²) in [5.41, 5.74) is 2.56. The third-order valence-electron chi connectivity index (χ3n) is 5.37. The number of rotatable bonds is 5. The Kier molecular flexibility index (Phi) is 4.91. The van der Waals surface area contributed by atoms with Crippen molar-refractivity contribution >= 4 is 27.0 Å². The number of anilines is 1. The Morgan fingerprint density at radius 2 is 1.96 bits per heavy atom. The summed E-state index contributed by atoms with van der Waals surface area (Å²) >= 11 is 0. The minimum absolute atomic E-state index is 0.0738. The van der Waals surface area contributed by atoms with Gasteiger partial charge in [0.05, 0.1) is 10.6 Å². The molecule has 1 N–H and O–H groups in total. The van der Waals surface area contributed by atoms with Crippen molar-refractivity contribution in [2.24, 2.45) is 0 Å². The number of oxazole rings is 1. The predicted octanol–water partition coefficient (Wildman–Crippen LogP) is 4.76. The Bertz CT molecular complexity index is 1030. The molecule has 1 aromatic heterocycles. The van der Waals surface area contributed by atoms with Gasteiger partial charge in [0.1, 0.15) is 5.52 Å². The summed E-state index contributed by atoms with van der Waals surface area (Å²) < 4.78 is 29.9. The van der Waals surface area contributed by atoms with Crippen LogP contribution in [0.1, 0.15) is 44.1 Å². The van der Waals surface area contributed by atoms with Gasteiger partial charge in [0.2, 0.25) is 0 Å². The zero-order valence-corrected chi connectivity index (χ0v) is 16.2. The Labute approximate surface area is 159 Å². The summed E-state index contributed by atoms with van der Waals surface area (Å²) in [5.74, 6) is 0.618. The number of nitrogens with one attached hydrogen (secondary N) is 1. The monoisotopic (exact) mass is 384 g/mol. The van der Waals surface area contributed by atoms with Crippen molar-refractivity contribution in [1.82, 2.24) is 4.98 Å². The minimum atomic E-state index is -3.25. The average molecular weight is 385 g/mol. The average Bonchev–Trinajstić information content (AvgIpc) is 3.10. The van der Waals surface area contributed by atoms with Crippen molar-refractivity contribution in [2.75, 3.05) is 11.1 Å². The molecule has 0 saturated heterocycles. The van der Waals surface area contributed by atoms with Crippen LogP contribution in [0.3, 0.4) is 0 Å². The maximum absolute atomic E-state index is 12.1. The smallest absolute Gasteiger partial charge is 0.295 e. The first-order chi connectivity index (χ1) is 13.0. The van der Waals surface area contributed by atoms with Gasteiger partial charge in [-0.05, 0) is 48.9 Å². The van der Waals surface area contributed by atoms with E-state index in [1.165, 1.54) is 12.0 Å². The zero-order chi connectivity index (χ0) is 18.9. The van der Waals surface area contributed by atoms with Crippen LogP contribution in [0, 0.1) is 0 Å². The summed E-state index contributed by atoms with van der Waals surface area (Å²) in [5, 5.41) is 3.41. The number of fused-ring (bicyclic) bond motifs is 1. The molecular weight excluding hydrogens is 360 g/mol. The molecule has 0 radical (unpaired) electrons. The molecule has 1 saturated carbocycles. The van der Waals surface area contributed by atoms with Crippen molar-refractivity contribution in [1.29, 1.82) is 0 Å². The van der Waals surface area contributed by atoms with Crippen molar-refractivity contribution in [3.63, 3.8) is 0 Å². The lowest BCUT2D eigenvalue weighted by Gasteiger charge is -2.29. The molecule has 27 heavy (non-hydrogen) atoms. The van der Waals surface area contributed by atoms with Gasteiger partial charge in [0, 0.05) is 6.04 Å². The molecular formula is C21H24N2O3S. The fourth-order valence-corrected chi connectivity index (χ4v) is 4.75. The molecule has 4 rings (SSSR count). The van der Waals surface area contributed by atoms with E-state index in [1.54, 1.807) is 25.1 Å². The Balaban J connectivity index is 1.51. The molecule has 1 fully saturated rings. The van der Waals surface area contributed by atoms with E-state index in [9.17, 15) is 8.42 Å². The lowest BCUT2D eigenvalue weighted by molar-refractivity contribution is 0.403. The Morgan fingerprint density at radius 1 is 1.15 bits per heavy atom. The van der Waals surface area contributed by atoms with Gasteiger partial charge in [-0.3, -0.25) is 0 Å². The van der Waals surface area contributed by atoms with Crippen LogP contribution in [0.5, 0.6) is 0 Å². The van der Waals surface area contributed by atoms with Crippen molar-refractivity contribution in [3.8, 4) is 0 Å². The summed E-state index contributed by atoms with van der Waals surface area (Å²) in [6, 6.07) is 16.3. The van der Waals surface area contributed by atoms with Crippen LogP contribution in [-0.4, -0.2) is 25.2 Å².